The third kappa shape index (κ3) is 3.11. The molecule has 0 saturated carbocycles. The number of hydrogen-bond donors (Lipinski definition) is 1. The fourth-order valence-corrected chi connectivity index (χ4v) is 2.42. The molecule has 1 heterocycles. The van der Waals surface area contributed by atoms with Gasteiger partial charge in [0.1, 0.15) is 0 Å². The molecule has 0 fully saturated rings. The average molecular weight is 314 g/mol. The largest absolute Gasteiger partial charge is 0.476 e. The highest BCUT2D eigenvalue weighted by atomic mass is 35.5. The number of halogens is 2. The molecule has 0 radical (unpaired) electrons. The molecule has 1 aromatic carbocycles. The SMILES string of the molecule is CCCCc1c(C(=O)O)nnn1-c1cc(Cl)cc(Cl)c1. The van der Waals surface area contributed by atoms with E-state index in [4.69, 9.17) is 28.3 Å². The van der Waals surface area contributed by atoms with E-state index >= 15 is 0 Å². The van der Waals surface area contributed by atoms with Crippen LogP contribution in [0.1, 0.15) is 35.9 Å². The van der Waals surface area contributed by atoms with Crippen molar-refractivity contribution in [3.63, 3.8) is 0 Å². The molecule has 2 rings (SSSR count). The van der Waals surface area contributed by atoms with Crippen LogP contribution in [0.5, 0.6) is 0 Å². The van der Waals surface area contributed by atoms with Gasteiger partial charge in [-0.05, 0) is 31.0 Å². The fourth-order valence-electron chi connectivity index (χ4n) is 1.91. The number of carbonyl (C=O) groups is 1. The highest BCUT2D eigenvalue weighted by molar-refractivity contribution is 6.34. The van der Waals surface area contributed by atoms with Crippen LogP contribution in [0.4, 0.5) is 0 Å². The number of benzene rings is 1. The van der Waals surface area contributed by atoms with E-state index in [1.165, 1.54) is 4.68 Å². The summed E-state index contributed by atoms with van der Waals surface area (Å²) >= 11 is 11.9. The zero-order valence-electron chi connectivity index (χ0n) is 10.8. The van der Waals surface area contributed by atoms with Crippen LogP contribution < -0.4 is 0 Å². The maximum atomic E-state index is 11.2. The van der Waals surface area contributed by atoms with Gasteiger partial charge in [0.05, 0.1) is 11.4 Å². The summed E-state index contributed by atoms with van der Waals surface area (Å²) in [5, 5.41) is 17.7. The maximum absolute atomic E-state index is 11.2. The Labute approximate surface area is 126 Å². The van der Waals surface area contributed by atoms with Gasteiger partial charge in [-0.1, -0.05) is 41.8 Å². The molecule has 0 spiro atoms. The van der Waals surface area contributed by atoms with Crippen molar-refractivity contribution in [3.8, 4) is 5.69 Å². The van der Waals surface area contributed by atoms with Gasteiger partial charge in [-0.15, -0.1) is 5.10 Å². The third-order valence-corrected chi connectivity index (χ3v) is 3.26. The Kier molecular flexibility index (Phi) is 4.62. The van der Waals surface area contributed by atoms with Gasteiger partial charge in [0.15, 0.2) is 5.69 Å². The van der Waals surface area contributed by atoms with Gasteiger partial charge in [0.25, 0.3) is 0 Å². The van der Waals surface area contributed by atoms with E-state index < -0.39 is 5.97 Å². The minimum atomic E-state index is -1.09. The zero-order valence-corrected chi connectivity index (χ0v) is 12.3. The summed E-state index contributed by atoms with van der Waals surface area (Å²) in [5.41, 5.74) is 1.13. The van der Waals surface area contributed by atoms with Crippen LogP contribution in [0.3, 0.4) is 0 Å². The molecule has 0 saturated heterocycles. The van der Waals surface area contributed by atoms with Crippen LogP contribution in [0.2, 0.25) is 10.0 Å². The fraction of sp³-hybridized carbons (Fsp3) is 0.308. The van der Waals surface area contributed by atoms with Gasteiger partial charge >= 0.3 is 5.97 Å². The van der Waals surface area contributed by atoms with Crippen molar-refractivity contribution < 1.29 is 9.90 Å². The first kappa shape index (κ1) is 14.8. The number of unbranched alkanes of at least 4 members (excludes halogenated alkanes) is 1. The molecule has 7 heteroatoms. The highest BCUT2D eigenvalue weighted by Gasteiger charge is 2.19. The monoisotopic (exact) mass is 313 g/mol. The van der Waals surface area contributed by atoms with Crippen LogP contribution in [0.15, 0.2) is 18.2 Å². The summed E-state index contributed by atoms with van der Waals surface area (Å²) in [6.45, 7) is 2.03. The van der Waals surface area contributed by atoms with E-state index in [1.54, 1.807) is 18.2 Å². The van der Waals surface area contributed by atoms with Crippen LogP contribution in [0, 0.1) is 0 Å². The topological polar surface area (TPSA) is 68.0 Å². The minimum Gasteiger partial charge on any atom is -0.476 e. The van der Waals surface area contributed by atoms with Crippen LogP contribution in [-0.2, 0) is 6.42 Å². The Balaban J connectivity index is 2.52. The quantitative estimate of drug-likeness (QED) is 0.915. The van der Waals surface area contributed by atoms with Gasteiger partial charge < -0.3 is 5.11 Å². The number of aromatic nitrogens is 3. The first-order valence-corrected chi connectivity index (χ1v) is 6.93. The van der Waals surface area contributed by atoms with Crippen molar-refractivity contribution in [1.29, 1.82) is 0 Å². The standard InChI is InChI=1S/C13H13Cl2N3O2/c1-2-3-4-11-12(13(19)20)16-17-18(11)10-6-8(14)5-9(15)7-10/h5-7H,2-4H2,1H3,(H,19,20). The summed E-state index contributed by atoms with van der Waals surface area (Å²) in [7, 11) is 0. The molecule has 0 aliphatic carbocycles. The molecule has 0 aliphatic rings. The second-order valence-corrected chi connectivity index (χ2v) is 5.21. The second-order valence-electron chi connectivity index (χ2n) is 4.33. The molecule has 0 atom stereocenters. The van der Waals surface area contributed by atoms with Crippen LogP contribution in [-0.4, -0.2) is 26.1 Å². The van der Waals surface area contributed by atoms with Gasteiger partial charge in [0.2, 0.25) is 0 Å². The van der Waals surface area contributed by atoms with Crippen molar-refractivity contribution in [1.82, 2.24) is 15.0 Å². The first-order chi connectivity index (χ1) is 9.52. The molecule has 0 amide bonds. The van der Waals surface area contributed by atoms with Crippen LogP contribution >= 0.6 is 23.2 Å². The summed E-state index contributed by atoms with van der Waals surface area (Å²) in [4.78, 5) is 11.2. The molecule has 0 unspecified atom stereocenters. The molecule has 1 N–H and O–H groups in total. The van der Waals surface area contributed by atoms with E-state index in [0.717, 1.165) is 12.8 Å². The number of carboxylic acids is 1. The predicted octanol–water partition coefficient (Wildman–Crippen LogP) is 3.61. The summed E-state index contributed by atoms with van der Waals surface area (Å²) in [6.07, 6.45) is 2.37. The Morgan fingerprint density at radius 1 is 1.30 bits per heavy atom. The van der Waals surface area contributed by atoms with Crippen LogP contribution in [0.25, 0.3) is 5.69 Å². The molecular formula is C13H13Cl2N3O2. The summed E-state index contributed by atoms with van der Waals surface area (Å²) in [5.74, 6) is -1.09. The van der Waals surface area contributed by atoms with Crippen molar-refractivity contribution in [2.45, 2.75) is 26.2 Å². The number of rotatable bonds is 5. The van der Waals surface area contributed by atoms with Gasteiger partial charge in [-0.2, -0.15) is 0 Å². The van der Waals surface area contributed by atoms with Gasteiger partial charge in [-0.3, -0.25) is 0 Å². The number of hydrogen-bond acceptors (Lipinski definition) is 3. The normalized spacial score (nSPS) is 10.8. The summed E-state index contributed by atoms with van der Waals surface area (Å²) in [6, 6.07) is 4.94. The highest BCUT2D eigenvalue weighted by Crippen LogP contribution is 2.23. The third-order valence-electron chi connectivity index (χ3n) is 2.82. The molecular weight excluding hydrogens is 301 g/mol. The van der Waals surface area contributed by atoms with Crippen molar-refractivity contribution in [3.05, 3.63) is 39.6 Å². The van der Waals surface area contributed by atoms with E-state index in [1.807, 2.05) is 6.92 Å². The zero-order chi connectivity index (χ0) is 14.7. The van der Waals surface area contributed by atoms with E-state index in [0.29, 0.717) is 27.8 Å². The van der Waals surface area contributed by atoms with Crippen molar-refractivity contribution in [2.24, 2.45) is 0 Å². The van der Waals surface area contributed by atoms with Crippen molar-refractivity contribution >= 4 is 29.2 Å². The Morgan fingerprint density at radius 2 is 1.95 bits per heavy atom. The lowest BCUT2D eigenvalue weighted by Gasteiger charge is -2.07. The molecule has 2 aromatic rings. The second kappa shape index (κ2) is 6.24. The predicted molar refractivity (Wildman–Crippen MR) is 77.0 cm³/mol. The van der Waals surface area contributed by atoms with E-state index in [9.17, 15) is 4.79 Å². The summed E-state index contributed by atoms with van der Waals surface area (Å²) < 4.78 is 1.48. The lowest BCUT2D eigenvalue weighted by Crippen LogP contribution is -2.07. The van der Waals surface area contributed by atoms with Gasteiger partial charge in [0, 0.05) is 10.0 Å². The molecule has 1 aromatic heterocycles. The molecule has 20 heavy (non-hydrogen) atoms. The Bertz CT molecular complexity index is 620. The van der Waals surface area contributed by atoms with E-state index in [-0.39, 0.29) is 5.69 Å². The van der Waals surface area contributed by atoms with E-state index in [2.05, 4.69) is 10.3 Å². The number of nitrogens with zero attached hydrogens (tertiary/aromatic N) is 3. The molecule has 0 bridgehead atoms. The lowest BCUT2D eigenvalue weighted by atomic mass is 10.1. The maximum Gasteiger partial charge on any atom is 0.358 e. The van der Waals surface area contributed by atoms with Gasteiger partial charge in [-0.25, -0.2) is 9.48 Å². The number of aromatic carboxylic acids is 1. The molecule has 0 aliphatic heterocycles. The minimum absolute atomic E-state index is 0.0328. The smallest absolute Gasteiger partial charge is 0.358 e. The molecule has 5 nitrogen and oxygen atoms in total. The average Bonchev–Trinajstić information content (AvgIpc) is 2.78. The number of carboxylic acid groups (broad SMARTS) is 1. The Morgan fingerprint density at radius 3 is 2.50 bits per heavy atom. The first-order valence-electron chi connectivity index (χ1n) is 6.17. The lowest BCUT2D eigenvalue weighted by molar-refractivity contribution is 0.0689. The molecule has 106 valence electrons. The Hall–Kier alpha value is -1.59. The van der Waals surface area contributed by atoms with Crippen molar-refractivity contribution in [2.75, 3.05) is 0 Å².